The van der Waals surface area contributed by atoms with Crippen molar-refractivity contribution in [2.45, 2.75) is 20.3 Å². The summed E-state index contributed by atoms with van der Waals surface area (Å²) in [6.45, 7) is 5.49. The van der Waals surface area contributed by atoms with Crippen LogP contribution in [0.4, 0.5) is 5.69 Å². The van der Waals surface area contributed by atoms with E-state index in [1.807, 2.05) is 19.4 Å². The van der Waals surface area contributed by atoms with Crippen molar-refractivity contribution in [3.05, 3.63) is 12.4 Å². The third-order valence-electron chi connectivity index (χ3n) is 1.76. The molecule has 0 unspecified atom stereocenters. The van der Waals surface area contributed by atoms with E-state index < -0.39 is 0 Å². The summed E-state index contributed by atoms with van der Waals surface area (Å²) in [6.07, 6.45) is 5.04. The van der Waals surface area contributed by atoms with E-state index >= 15 is 0 Å². The maximum atomic E-state index is 4.07. The number of anilines is 1. The molecule has 0 atom stereocenters. The van der Waals surface area contributed by atoms with Crippen molar-refractivity contribution in [1.29, 1.82) is 0 Å². The molecule has 0 fully saturated rings. The molecule has 0 aromatic carbocycles. The van der Waals surface area contributed by atoms with Crippen molar-refractivity contribution in [3.63, 3.8) is 0 Å². The first-order valence-electron chi connectivity index (χ1n) is 4.41. The van der Waals surface area contributed by atoms with E-state index in [2.05, 4.69) is 24.3 Å². The molecule has 76 valence electrons. The summed E-state index contributed by atoms with van der Waals surface area (Å²) < 4.78 is 1.80. The van der Waals surface area contributed by atoms with Crippen molar-refractivity contribution >= 4 is 18.1 Å². The lowest BCUT2D eigenvalue weighted by molar-refractivity contribution is 0.607. The highest BCUT2D eigenvalue weighted by Gasteiger charge is 1.95. The molecule has 0 aliphatic carbocycles. The van der Waals surface area contributed by atoms with Gasteiger partial charge in [-0.1, -0.05) is 13.8 Å². The van der Waals surface area contributed by atoms with Crippen LogP contribution in [0.2, 0.25) is 0 Å². The highest BCUT2D eigenvalue weighted by Crippen LogP contribution is 2.05. The number of rotatable bonds is 4. The molecular formula is C9H18ClN3. The Morgan fingerprint density at radius 2 is 2.23 bits per heavy atom. The fourth-order valence-corrected chi connectivity index (χ4v) is 1.02. The first kappa shape index (κ1) is 12.3. The second-order valence-electron chi connectivity index (χ2n) is 3.51. The van der Waals surface area contributed by atoms with Gasteiger partial charge in [0.2, 0.25) is 0 Å². The van der Waals surface area contributed by atoms with Crippen LogP contribution < -0.4 is 5.32 Å². The van der Waals surface area contributed by atoms with Gasteiger partial charge >= 0.3 is 0 Å². The zero-order valence-electron chi connectivity index (χ0n) is 8.45. The summed E-state index contributed by atoms with van der Waals surface area (Å²) in [5.41, 5.74) is 1.11. The average Bonchev–Trinajstić information content (AvgIpc) is 2.35. The Bertz CT molecular complexity index is 233. The molecule has 0 spiro atoms. The van der Waals surface area contributed by atoms with Gasteiger partial charge in [-0.2, -0.15) is 5.10 Å². The Labute approximate surface area is 85.9 Å². The van der Waals surface area contributed by atoms with E-state index in [0.717, 1.165) is 18.2 Å². The minimum absolute atomic E-state index is 0. The molecule has 0 saturated carbocycles. The summed E-state index contributed by atoms with van der Waals surface area (Å²) in [6, 6.07) is 0. The second kappa shape index (κ2) is 5.86. The Balaban J connectivity index is 0.00000144. The number of aryl methyl sites for hydroxylation is 1. The standard InChI is InChI=1S/C9H17N3.ClH/c1-8(2)4-5-10-9-6-11-12(3)7-9;/h6-8,10H,4-5H2,1-3H3;1H. The number of nitrogens with zero attached hydrogens (tertiary/aromatic N) is 2. The summed E-state index contributed by atoms with van der Waals surface area (Å²) in [5, 5.41) is 7.38. The average molecular weight is 204 g/mol. The maximum absolute atomic E-state index is 4.07. The Morgan fingerprint density at radius 1 is 1.54 bits per heavy atom. The van der Waals surface area contributed by atoms with Gasteiger partial charge in [-0.05, 0) is 12.3 Å². The van der Waals surface area contributed by atoms with E-state index in [9.17, 15) is 0 Å². The fourth-order valence-electron chi connectivity index (χ4n) is 1.02. The van der Waals surface area contributed by atoms with Crippen molar-refractivity contribution in [2.75, 3.05) is 11.9 Å². The van der Waals surface area contributed by atoms with Crippen LogP contribution in [0.25, 0.3) is 0 Å². The summed E-state index contributed by atoms with van der Waals surface area (Å²) >= 11 is 0. The van der Waals surface area contributed by atoms with Gasteiger partial charge in [0.15, 0.2) is 0 Å². The number of halogens is 1. The van der Waals surface area contributed by atoms with Crippen LogP contribution in [-0.4, -0.2) is 16.3 Å². The topological polar surface area (TPSA) is 29.9 Å². The normalized spacial score (nSPS) is 9.85. The molecule has 0 aliphatic heterocycles. The van der Waals surface area contributed by atoms with Gasteiger partial charge in [-0.15, -0.1) is 12.4 Å². The van der Waals surface area contributed by atoms with E-state index in [1.165, 1.54) is 6.42 Å². The number of hydrogen-bond donors (Lipinski definition) is 1. The van der Waals surface area contributed by atoms with Crippen LogP contribution in [0.3, 0.4) is 0 Å². The van der Waals surface area contributed by atoms with E-state index in [1.54, 1.807) is 4.68 Å². The predicted octanol–water partition coefficient (Wildman–Crippen LogP) is 2.30. The molecule has 0 aliphatic rings. The highest BCUT2D eigenvalue weighted by molar-refractivity contribution is 5.85. The van der Waals surface area contributed by atoms with Crippen molar-refractivity contribution in [1.82, 2.24) is 9.78 Å². The monoisotopic (exact) mass is 203 g/mol. The lowest BCUT2D eigenvalue weighted by atomic mass is 10.1. The van der Waals surface area contributed by atoms with Crippen LogP contribution in [0.1, 0.15) is 20.3 Å². The molecule has 1 aromatic heterocycles. The molecule has 1 N–H and O–H groups in total. The van der Waals surface area contributed by atoms with Crippen LogP contribution in [0, 0.1) is 5.92 Å². The second-order valence-corrected chi connectivity index (χ2v) is 3.51. The molecule has 4 heteroatoms. The van der Waals surface area contributed by atoms with E-state index in [4.69, 9.17) is 0 Å². The van der Waals surface area contributed by atoms with E-state index in [0.29, 0.717) is 0 Å². The lowest BCUT2D eigenvalue weighted by Gasteiger charge is -2.04. The molecule has 0 saturated heterocycles. The van der Waals surface area contributed by atoms with Crippen molar-refractivity contribution in [3.8, 4) is 0 Å². The molecule has 0 amide bonds. The third kappa shape index (κ3) is 4.78. The molecule has 1 rings (SSSR count). The first-order chi connectivity index (χ1) is 5.68. The quantitative estimate of drug-likeness (QED) is 0.814. The lowest BCUT2D eigenvalue weighted by Crippen LogP contribution is -2.03. The minimum atomic E-state index is 0. The van der Waals surface area contributed by atoms with Crippen LogP contribution in [0.5, 0.6) is 0 Å². The Kier molecular flexibility index (Phi) is 5.55. The van der Waals surface area contributed by atoms with Gasteiger partial charge in [0, 0.05) is 19.8 Å². The van der Waals surface area contributed by atoms with Gasteiger partial charge in [0.1, 0.15) is 0 Å². The van der Waals surface area contributed by atoms with Gasteiger partial charge in [-0.25, -0.2) is 0 Å². The largest absolute Gasteiger partial charge is 0.383 e. The Hall–Kier alpha value is -0.700. The number of aromatic nitrogens is 2. The minimum Gasteiger partial charge on any atom is -0.383 e. The smallest absolute Gasteiger partial charge is 0.0726 e. The fraction of sp³-hybridized carbons (Fsp3) is 0.667. The molecular weight excluding hydrogens is 186 g/mol. The SMILES string of the molecule is CC(C)CCNc1cnn(C)c1.Cl. The third-order valence-corrected chi connectivity index (χ3v) is 1.76. The van der Waals surface area contributed by atoms with Gasteiger partial charge < -0.3 is 5.32 Å². The molecule has 1 aromatic rings. The van der Waals surface area contributed by atoms with Crippen LogP contribution in [-0.2, 0) is 7.05 Å². The highest BCUT2D eigenvalue weighted by atomic mass is 35.5. The van der Waals surface area contributed by atoms with Gasteiger partial charge in [0.05, 0.1) is 11.9 Å². The number of hydrogen-bond acceptors (Lipinski definition) is 2. The molecule has 0 radical (unpaired) electrons. The molecule has 3 nitrogen and oxygen atoms in total. The van der Waals surface area contributed by atoms with Crippen molar-refractivity contribution < 1.29 is 0 Å². The van der Waals surface area contributed by atoms with Crippen LogP contribution in [0.15, 0.2) is 12.4 Å². The van der Waals surface area contributed by atoms with E-state index in [-0.39, 0.29) is 12.4 Å². The summed E-state index contributed by atoms with van der Waals surface area (Å²) in [4.78, 5) is 0. The zero-order valence-corrected chi connectivity index (χ0v) is 9.27. The predicted molar refractivity (Wildman–Crippen MR) is 58.4 cm³/mol. The summed E-state index contributed by atoms with van der Waals surface area (Å²) in [7, 11) is 1.92. The Morgan fingerprint density at radius 3 is 2.69 bits per heavy atom. The maximum Gasteiger partial charge on any atom is 0.0726 e. The first-order valence-corrected chi connectivity index (χ1v) is 4.41. The van der Waals surface area contributed by atoms with Crippen molar-refractivity contribution in [2.24, 2.45) is 13.0 Å². The van der Waals surface area contributed by atoms with Gasteiger partial charge in [0.25, 0.3) is 0 Å². The van der Waals surface area contributed by atoms with Crippen LogP contribution >= 0.6 is 12.4 Å². The molecule has 13 heavy (non-hydrogen) atoms. The number of nitrogens with one attached hydrogen (secondary N) is 1. The van der Waals surface area contributed by atoms with Gasteiger partial charge in [-0.3, -0.25) is 4.68 Å². The summed E-state index contributed by atoms with van der Waals surface area (Å²) in [5.74, 6) is 0.758. The molecule has 1 heterocycles. The zero-order chi connectivity index (χ0) is 8.97. The molecule has 0 bridgehead atoms.